The highest BCUT2D eigenvalue weighted by Gasteiger charge is 2.16. The van der Waals surface area contributed by atoms with Crippen LogP contribution in [0.5, 0.6) is 5.75 Å². The number of benzene rings is 1. The zero-order chi connectivity index (χ0) is 7.84. The van der Waals surface area contributed by atoms with E-state index in [9.17, 15) is 5.11 Å². The second-order valence-corrected chi connectivity index (χ2v) is 2.99. The lowest BCUT2D eigenvalue weighted by Gasteiger charge is -2.03. The standard InChI is InChI=1S/C9H11NO/c1-6-9-4-8(11)3-2-7(9)5-10-6/h2-4,6,10-11H,5H2,1H3. The molecule has 0 bridgehead atoms. The van der Waals surface area contributed by atoms with E-state index in [1.54, 1.807) is 6.07 Å². The number of phenols is 1. The van der Waals surface area contributed by atoms with Gasteiger partial charge in [0.25, 0.3) is 0 Å². The van der Waals surface area contributed by atoms with Gasteiger partial charge in [0.1, 0.15) is 5.75 Å². The summed E-state index contributed by atoms with van der Waals surface area (Å²) in [5.74, 6) is 0.360. The summed E-state index contributed by atoms with van der Waals surface area (Å²) in [5.41, 5.74) is 2.53. The summed E-state index contributed by atoms with van der Waals surface area (Å²) < 4.78 is 0. The fourth-order valence-electron chi connectivity index (χ4n) is 1.52. The van der Waals surface area contributed by atoms with Crippen molar-refractivity contribution in [3.63, 3.8) is 0 Å². The number of phenolic OH excluding ortho intramolecular Hbond substituents is 1. The quantitative estimate of drug-likeness (QED) is 0.586. The Balaban J connectivity index is 2.52. The van der Waals surface area contributed by atoms with Gasteiger partial charge in [-0.25, -0.2) is 0 Å². The van der Waals surface area contributed by atoms with E-state index in [1.807, 2.05) is 12.1 Å². The molecular weight excluding hydrogens is 138 g/mol. The Kier molecular flexibility index (Phi) is 1.36. The first-order valence-electron chi connectivity index (χ1n) is 3.82. The Labute approximate surface area is 65.9 Å². The molecule has 2 N–H and O–H groups in total. The fraction of sp³-hybridized carbons (Fsp3) is 0.333. The van der Waals surface area contributed by atoms with Crippen LogP contribution in [0.3, 0.4) is 0 Å². The van der Waals surface area contributed by atoms with Crippen LogP contribution in [-0.4, -0.2) is 5.11 Å². The van der Waals surface area contributed by atoms with Crippen molar-refractivity contribution in [1.82, 2.24) is 5.32 Å². The molecule has 11 heavy (non-hydrogen) atoms. The molecule has 0 fully saturated rings. The van der Waals surface area contributed by atoms with Crippen molar-refractivity contribution in [3.8, 4) is 5.75 Å². The first-order chi connectivity index (χ1) is 5.27. The van der Waals surface area contributed by atoms with E-state index in [-0.39, 0.29) is 0 Å². The summed E-state index contributed by atoms with van der Waals surface area (Å²) in [6.45, 7) is 3.03. The Bertz CT molecular complexity index is 283. The molecule has 0 aliphatic carbocycles. The van der Waals surface area contributed by atoms with Crippen LogP contribution < -0.4 is 5.32 Å². The molecule has 0 radical (unpaired) electrons. The minimum atomic E-state index is 0.360. The third-order valence-electron chi connectivity index (χ3n) is 2.19. The fourth-order valence-corrected chi connectivity index (χ4v) is 1.52. The van der Waals surface area contributed by atoms with Gasteiger partial charge in [0.15, 0.2) is 0 Å². The van der Waals surface area contributed by atoms with E-state index in [4.69, 9.17) is 0 Å². The van der Waals surface area contributed by atoms with Crippen LogP contribution in [0, 0.1) is 0 Å². The average molecular weight is 149 g/mol. The van der Waals surface area contributed by atoms with E-state index >= 15 is 0 Å². The molecule has 2 nitrogen and oxygen atoms in total. The molecular formula is C9H11NO. The highest BCUT2D eigenvalue weighted by molar-refractivity contribution is 5.39. The summed E-state index contributed by atoms with van der Waals surface area (Å²) in [4.78, 5) is 0. The third kappa shape index (κ3) is 0.994. The Morgan fingerprint density at radius 2 is 2.36 bits per heavy atom. The molecule has 0 saturated carbocycles. The number of hydrogen-bond acceptors (Lipinski definition) is 2. The van der Waals surface area contributed by atoms with Gasteiger partial charge < -0.3 is 10.4 Å². The van der Waals surface area contributed by atoms with Crippen LogP contribution in [0.15, 0.2) is 18.2 Å². The van der Waals surface area contributed by atoms with Gasteiger partial charge in [0.05, 0.1) is 0 Å². The number of rotatable bonds is 0. The van der Waals surface area contributed by atoms with Crippen LogP contribution in [0.1, 0.15) is 24.1 Å². The number of aromatic hydroxyl groups is 1. The van der Waals surface area contributed by atoms with Gasteiger partial charge in [-0.2, -0.15) is 0 Å². The second-order valence-electron chi connectivity index (χ2n) is 2.99. The SMILES string of the molecule is CC1NCc2ccc(O)cc21. The molecule has 1 atom stereocenters. The molecule has 0 spiro atoms. The van der Waals surface area contributed by atoms with Gasteiger partial charge in [-0.1, -0.05) is 6.07 Å². The topological polar surface area (TPSA) is 32.3 Å². The largest absolute Gasteiger partial charge is 0.508 e. The van der Waals surface area contributed by atoms with E-state index in [0.717, 1.165) is 6.54 Å². The summed E-state index contributed by atoms with van der Waals surface area (Å²) >= 11 is 0. The number of nitrogens with one attached hydrogen (secondary N) is 1. The lowest BCUT2D eigenvalue weighted by atomic mass is 10.1. The van der Waals surface area contributed by atoms with Crippen LogP contribution in [0.25, 0.3) is 0 Å². The van der Waals surface area contributed by atoms with Crippen LogP contribution in [0.4, 0.5) is 0 Å². The van der Waals surface area contributed by atoms with E-state index in [2.05, 4.69) is 12.2 Å². The maximum absolute atomic E-state index is 9.19. The summed E-state index contributed by atoms with van der Waals surface area (Å²) in [6, 6.07) is 5.93. The smallest absolute Gasteiger partial charge is 0.115 e. The van der Waals surface area contributed by atoms with Crippen LogP contribution >= 0.6 is 0 Å². The Morgan fingerprint density at radius 3 is 3.18 bits per heavy atom. The predicted octanol–water partition coefficient (Wildman–Crippen LogP) is 1.56. The molecule has 1 aromatic rings. The minimum Gasteiger partial charge on any atom is -0.508 e. The monoisotopic (exact) mass is 149 g/mol. The first-order valence-corrected chi connectivity index (χ1v) is 3.82. The molecule has 2 rings (SSSR count). The average Bonchev–Trinajstić information content (AvgIpc) is 2.33. The second kappa shape index (κ2) is 2.24. The highest BCUT2D eigenvalue weighted by Crippen LogP contribution is 2.27. The van der Waals surface area contributed by atoms with E-state index in [0.29, 0.717) is 11.8 Å². The molecule has 58 valence electrons. The summed E-state index contributed by atoms with van der Waals surface area (Å²) in [6.07, 6.45) is 0. The Hall–Kier alpha value is -1.02. The van der Waals surface area contributed by atoms with Crippen molar-refractivity contribution in [2.24, 2.45) is 0 Å². The van der Waals surface area contributed by atoms with Crippen molar-refractivity contribution in [2.75, 3.05) is 0 Å². The third-order valence-corrected chi connectivity index (χ3v) is 2.19. The normalized spacial score (nSPS) is 21.7. The van der Waals surface area contributed by atoms with Gasteiger partial charge in [-0.05, 0) is 30.2 Å². The lowest BCUT2D eigenvalue weighted by molar-refractivity contribution is 0.474. The molecule has 0 saturated heterocycles. The number of fused-ring (bicyclic) bond motifs is 1. The van der Waals surface area contributed by atoms with Crippen molar-refractivity contribution in [3.05, 3.63) is 29.3 Å². The van der Waals surface area contributed by atoms with Gasteiger partial charge in [-0.15, -0.1) is 0 Å². The molecule has 0 aromatic heterocycles. The van der Waals surface area contributed by atoms with Gasteiger partial charge in [0, 0.05) is 12.6 Å². The maximum Gasteiger partial charge on any atom is 0.115 e. The van der Waals surface area contributed by atoms with Gasteiger partial charge in [0.2, 0.25) is 0 Å². The van der Waals surface area contributed by atoms with E-state index in [1.165, 1.54) is 11.1 Å². The van der Waals surface area contributed by atoms with Gasteiger partial charge >= 0.3 is 0 Å². The van der Waals surface area contributed by atoms with E-state index < -0.39 is 0 Å². The predicted molar refractivity (Wildman–Crippen MR) is 43.4 cm³/mol. The zero-order valence-electron chi connectivity index (χ0n) is 6.46. The van der Waals surface area contributed by atoms with Crippen molar-refractivity contribution in [1.29, 1.82) is 0 Å². The molecule has 1 aliphatic rings. The summed E-state index contributed by atoms with van der Waals surface area (Å²) in [5, 5.41) is 12.5. The van der Waals surface area contributed by atoms with Crippen LogP contribution in [0.2, 0.25) is 0 Å². The molecule has 1 heterocycles. The highest BCUT2D eigenvalue weighted by atomic mass is 16.3. The van der Waals surface area contributed by atoms with Crippen LogP contribution in [-0.2, 0) is 6.54 Å². The lowest BCUT2D eigenvalue weighted by Crippen LogP contribution is -2.06. The van der Waals surface area contributed by atoms with Crippen molar-refractivity contribution in [2.45, 2.75) is 19.5 Å². The molecule has 1 aliphatic heterocycles. The summed E-state index contributed by atoms with van der Waals surface area (Å²) in [7, 11) is 0. The molecule has 0 amide bonds. The molecule has 1 aromatic carbocycles. The Morgan fingerprint density at radius 1 is 1.55 bits per heavy atom. The van der Waals surface area contributed by atoms with Crippen molar-refractivity contribution < 1.29 is 5.11 Å². The van der Waals surface area contributed by atoms with Crippen molar-refractivity contribution >= 4 is 0 Å². The first kappa shape index (κ1) is 6.68. The minimum absolute atomic E-state index is 0.360. The number of hydrogen-bond donors (Lipinski definition) is 2. The van der Waals surface area contributed by atoms with Gasteiger partial charge in [-0.3, -0.25) is 0 Å². The molecule has 1 unspecified atom stereocenters. The maximum atomic E-state index is 9.19. The zero-order valence-corrected chi connectivity index (χ0v) is 6.46. The molecule has 2 heteroatoms.